The Balaban J connectivity index is 1.82. The maximum absolute atomic E-state index is 12.8. The van der Waals surface area contributed by atoms with E-state index >= 15 is 0 Å². The van der Waals surface area contributed by atoms with Crippen LogP contribution in [0.5, 0.6) is 5.75 Å². The lowest BCUT2D eigenvalue weighted by molar-refractivity contribution is -0.121. The van der Waals surface area contributed by atoms with Crippen molar-refractivity contribution in [3.05, 3.63) is 23.8 Å². The topological polar surface area (TPSA) is 41.6 Å². The van der Waals surface area contributed by atoms with Gasteiger partial charge in [0.25, 0.3) is 0 Å². The summed E-state index contributed by atoms with van der Waals surface area (Å²) in [6, 6.07) is 6.01. The van der Waals surface area contributed by atoms with Crippen LogP contribution >= 0.6 is 0 Å². The minimum Gasteiger partial charge on any atom is -0.497 e. The van der Waals surface area contributed by atoms with Crippen LogP contribution in [0.3, 0.4) is 0 Å². The molecule has 2 unspecified atom stereocenters. The second-order valence-corrected chi connectivity index (χ2v) is 6.22. The fraction of sp³-hybridized carbons (Fsp3) is 0.588. The number of fused-ring (bicyclic) bond motifs is 1. The van der Waals surface area contributed by atoms with Crippen LogP contribution in [0.1, 0.15) is 31.7 Å². The van der Waals surface area contributed by atoms with Crippen molar-refractivity contribution in [1.82, 2.24) is 5.32 Å². The van der Waals surface area contributed by atoms with Crippen molar-refractivity contribution in [2.75, 3.05) is 25.1 Å². The number of rotatable bonds is 2. The van der Waals surface area contributed by atoms with Crippen LogP contribution < -0.4 is 15.0 Å². The highest BCUT2D eigenvalue weighted by atomic mass is 16.5. The lowest BCUT2D eigenvalue weighted by Crippen LogP contribution is -2.51. The molecule has 4 heteroatoms. The number of hydrogen-bond acceptors (Lipinski definition) is 3. The molecule has 1 saturated heterocycles. The Labute approximate surface area is 126 Å². The van der Waals surface area contributed by atoms with E-state index < -0.39 is 0 Å². The highest BCUT2D eigenvalue weighted by Crippen LogP contribution is 2.31. The molecule has 1 fully saturated rings. The minimum atomic E-state index is -0.0261. The third kappa shape index (κ3) is 2.91. The number of nitrogens with zero attached hydrogens (tertiary/aromatic N) is 1. The van der Waals surface area contributed by atoms with Crippen molar-refractivity contribution < 1.29 is 9.53 Å². The van der Waals surface area contributed by atoms with E-state index in [1.165, 1.54) is 5.56 Å². The van der Waals surface area contributed by atoms with Gasteiger partial charge in [-0.25, -0.2) is 0 Å². The van der Waals surface area contributed by atoms with Crippen LogP contribution in [0.15, 0.2) is 18.2 Å². The molecule has 0 bridgehead atoms. The first-order valence-corrected chi connectivity index (χ1v) is 7.90. The van der Waals surface area contributed by atoms with E-state index in [9.17, 15) is 4.79 Å². The van der Waals surface area contributed by atoms with Gasteiger partial charge in [0, 0.05) is 12.2 Å². The van der Waals surface area contributed by atoms with Crippen LogP contribution in [0.25, 0.3) is 0 Å². The molecule has 1 amide bonds. The lowest BCUT2D eigenvalue weighted by atomic mass is 9.92. The van der Waals surface area contributed by atoms with Gasteiger partial charge >= 0.3 is 0 Å². The van der Waals surface area contributed by atoms with E-state index in [4.69, 9.17) is 4.74 Å². The summed E-state index contributed by atoms with van der Waals surface area (Å²) in [5, 5.41) is 3.38. The summed E-state index contributed by atoms with van der Waals surface area (Å²) in [5.41, 5.74) is 2.28. The van der Waals surface area contributed by atoms with Crippen LogP contribution in [0, 0.1) is 5.92 Å². The predicted octanol–water partition coefficient (Wildman–Crippen LogP) is 2.36. The van der Waals surface area contributed by atoms with Crippen molar-refractivity contribution in [3.8, 4) is 5.75 Å². The minimum absolute atomic E-state index is 0.0261. The highest BCUT2D eigenvalue weighted by molar-refractivity contribution is 5.98. The summed E-state index contributed by atoms with van der Waals surface area (Å²) < 4.78 is 5.29. The molecule has 0 aromatic heterocycles. The van der Waals surface area contributed by atoms with Crippen molar-refractivity contribution in [2.45, 2.75) is 38.6 Å². The number of benzene rings is 1. The van der Waals surface area contributed by atoms with Crippen molar-refractivity contribution in [3.63, 3.8) is 0 Å². The molecule has 114 valence electrons. The molecule has 21 heavy (non-hydrogen) atoms. The van der Waals surface area contributed by atoms with Crippen LogP contribution in [0.2, 0.25) is 0 Å². The first-order chi connectivity index (χ1) is 10.2. The fourth-order valence-corrected chi connectivity index (χ4v) is 3.41. The lowest BCUT2D eigenvalue weighted by Gasteiger charge is -2.35. The number of anilines is 1. The maximum atomic E-state index is 12.8. The van der Waals surface area contributed by atoms with Gasteiger partial charge in [-0.05, 0) is 61.9 Å². The predicted molar refractivity (Wildman–Crippen MR) is 83.9 cm³/mol. The Morgan fingerprint density at radius 2 is 2.29 bits per heavy atom. The molecular formula is C17H24N2O2. The van der Waals surface area contributed by atoms with E-state index in [0.29, 0.717) is 5.92 Å². The van der Waals surface area contributed by atoms with E-state index in [2.05, 4.69) is 18.3 Å². The van der Waals surface area contributed by atoms with Crippen LogP contribution in [-0.2, 0) is 11.2 Å². The van der Waals surface area contributed by atoms with E-state index in [1.807, 2.05) is 17.0 Å². The second kappa shape index (κ2) is 6.06. The van der Waals surface area contributed by atoms with Crippen molar-refractivity contribution in [1.29, 1.82) is 0 Å². The smallest absolute Gasteiger partial charge is 0.244 e. The molecule has 2 heterocycles. The van der Waals surface area contributed by atoms with E-state index in [-0.39, 0.29) is 11.9 Å². The number of methoxy groups -OCH3 is 1. The molecule has 3 rings (SSSR count). The molecule has 1 aromatic rings. The zero-order chi connectivity index (χ0) is 14.8. The molecule has 1 N–H and O–H groups in total. The number of ether oxygens (including phenoxy) is 1. The van der Waals surface area contributed by atoms with Gasteiger partial charge in [0.2, 0.25) is 5.91 Å². The Bertz CT molecular complexity index is 530. The average molecular weight is 288 g/mol. The number of carbonyl (C=O) groups excluding carboxylic acids is 1. The first kappa shape index (κ1) is 14.4. The third-order valence-electron chi connectivity index (χ3n) is 4.64. The number of piperidine rings is 1. The summed E-state index contributed by atoms with van der Waals surface area (Å²) in [6.07, 6.45) is 4.15. The van der Waals surface area contributed by atoms with Gasteiger partial charge in [-0.15, -0.1) is 0 Å². The van der Waals surface area contributed by atoms with E-state index in [0.717, 1.165) is 50.2 Å². The van der Waals surface area contributed by atoms with Gasteiger partial charge in [0.15, 0.2) is 0 Å². The Hall–Kier alpha value is -1.55. The number of nitrogens with one attached hydrogen (secondary N) is 1. The molecule has 2 aliphatic heterocycles. The summed E-state index contributed by atoms with van der Waals surface area (Å²) in [4.78, 5) is 14.8. The molecule has 2 atom stereocenters. The van der Waals surface area contributed by atoms with Gasteiger partial charge in [-0.2, -0.15) is 0 Å². The van der Waals surface area contributed by atoms with Gasteiger partial charge < -0.3 is 15.0 Å². The molecule has 2 aliphatic rings. The summed E-state index contributed by atoms with van der Waals surface area (Å²) >= 11 is 0. The largest absolute Gasteiger partial charge is 0.497 e. The van der Waals surface area contributed by atoms with Crippen molar-refractivity contribution >= 4 is 11.6 Å². The van der Waals surface area contributed by atoms with Gasteiger partial charge in [-0.1, -0.05) is 6.92 Å². The average Bonchev–Trinajstić information content (AvgIpc) is 2.53. The summed E-state index contributed by atoms with van der Waals surface area (Å²) in [5.74, 6) is 1.72. The highest BCUT2D eigenvalue weighted by Gasteiger charge is 2.31. The molecular weight excluding hydrogens is 264 g/mol. The fourth-order valence-electron chi connectivity index (χ4n) is 3.41. The third-order valence-corrected chi connectivity index (χ3v) is 4.64. The van der Waals surface area contributed by atoms with E-state index in [1.54, 1.807) is 7.11 Å². The Kier molecular flexibility index (Phi) is 4.15. The summed E-state index contributed by atoms with van der Waals surface area (Å²) in [6.45, 7) is 4.00. The summed E-state index contributed by atoms with van der Waals surface area (Å²) in [7, 11) is 1.68. The molecule has 0 aliphatic carbocycles. The van der Waals surface area contributed by atoms with Gasteiger partial charge in [-0.3, -0.25) is 4.79 Å². The SMILES string of the molecule is COc1ccc2c(c1)CCCN2C(=O)C1CC(C)CCN1. The Morgan fingerprint density at radius 3 is 3.05 bits per heavy atom. The van der Waals surface area contributed by atoms with Crippen molar-refractivity contribution in [2.24, 2.45) is 5.92 Å². The molecule has 0 spiro atoms. The second-order valence-electron chi connectivity index (χ2n) is 6.22. The molecule has 0 saturated carbocycles. The molecule has 4 nitrogen and oxygen atoms in total. The normalized spacial score (nSPS) is 25.3. The standard InChI is InChI=1S/C17H24N2O2/c1-12-7-8-18-15(10-12)17(20)19-9-3-4-13-11-14(21-2)5-6-16(13)19/h5-6,11-12,15,18H,3-4,7-10H2,1-2H3. The Morgan fingerprint density at radius 1 is 1.43 bits per heavy atom. The first-order valence-electron chi connectivity index (χ1n) is 7.90. The van der Waals surface area contributed by atoms with Gasteiger partial charge in [0.1, 0.15) is 5.75 Å². The number of carbonyl (C=O) groups is 1. The van der Waals surface area contributed by atoms with Crippen LogP contribution in [-0.4, -0.2) is 32.1 Å². The zero-order valence-electron chi connectivity index (χ0n) is 12.9. The van der Waals surface area contributed by atoms with Crippen LogP contribution in [0.4, 0.5) is 5.69 Å². The number of hydrogen-bond donors (Lipinski definition) is 1. The van der Waals surface area contributed by atoms with Gasteiger partial charge in [0.05, 0.1) is 13.2 Å². The zero-order valence-corrected chi connectivity index (χ0v) is 12.9. The monoisotopic (exact) mass is 288 g/mol. The number of aryl methyl sites for hydroxylation is 1. The number of amides is 1. The molecule has 1 aromatic carbocycles. The molecule has 0 radical (unpaired) electrons. The quantitative estimate of drug-likeness (QED) is 0.908. The maximum Gasteiger partial charge on any atom is 0.244 e.